The van der Waals surface area contributed by atoms with E-state index in [1.165, 1.54) is 9.22 Å². The number of nitrogens with zero attached hydrogens (tertiary/aromatic N) is 1. The van der Waals surface area contributed by atoms with Crippen molar-refractivity contribution in [2.75, 3.05) is 6.26 Å². The summed E-state index contributed by atoms with van der Waals surface area (Å²) in [6, 6.07) is 0. The highest BCUT2D eigenvalue weighted by molar-refractivity contribution is 8.00. The summed E-state index contributed by atoms with van der Waals surface area (Å²) in [5.41, 5.74) is 0. The number of aromatic nitrogens is 1. The molecule has 1 nitrogen and oxygen atoms in total. The minimum atomic E-state index is 0. The first-order valence-electron chi connectivity index (χ1n) is 2.85. The molecule has 0 N–H and O–H groups in total. The van der Waals surface area contributed by atoms with Crippen LogP contribution in [0, 0.1) is 0 Å². The molecule has 3 heteroatoms. The monoisotopic (exact) mass is 175 g/mol. The Morgan fingerprint density at radius 3 is 2.70 bits per heavy atom. The molecule has 0 fully saturated rings. The van der Waals surface area contributed by atoms with Gasteiger partial charge in [0.25, 0.3) is 0 Å². The lowest BCUT2D eigenvalue weighted by molar-refractivity contribution is 1.15. The van der Waals surface area contributed by atoms with Crippen LogP contribution in [0.25, 0.3) is 0 Å². The Bertz CT molecular complexity index is 165. The molecule has 1 heterocycles. The Hall–Kier alpha value is -0.0200. The van der Waals surface area contributed by atoms with Gasteiger partial charge in [-0.2, -0.15) is 0 Å². The van der Waals surface area contributed by atoms with Crippen molar-refractivity contribution in [3.05, 3.63) is 11.1 Å². The lowest BCUT2D eigenvalue weighted by Crippen LogP contribution is -1.64. The van der Waals surface area contributed by atoms with Crippen LogP contribution in [0.2, 0.25) is 0 Å². The van der Waals surface area contributed by atoms with Crippen LogP contribution in [0.5, 0.6) is 0 Å². The first kappa shape index (κ1) is 9.98. The van der Waals surface area contributed by atoms with Gasteiger partial charge in [-0.15, -0.1) is 11.3 Å². The fourth-order valence-electron chi connectivity index (χ4n) is 0.547. The molecule has 0 saturated carbocycles. The van der Waals surface area contributed by atoms with E-state index in [0.717, 1.165) is 6.42 Å². The van der Waals surface area contributed by atoms with Gasteiger partial charge in [0.1, 0.15) is 4.34 Å². The van der Waals surface area contributed by atoms with E-state index in [0.29, 0.717) is 0 Å². The van der Waals surface area contributed by atoms with E-state index in [4.69, 9.17) is 0 Å². The molecule has 58 valence electrons. The van der Waals surface area contributed by atoms with Gasteiger partial charge in [-0.1, -0.05) is 26.1 Å². The fourth-order valence-corrected chi connectivity index (χ4v) is 1.94. The average molecular weight is 175 g/mol. The molecule has 1 aromatic heterocycles. The van der Waals surface area contributed by atoms with Crippen molar-refractivity contribution in [3.8, 4) is 0 Å². The van der Waals surface area contributed by atoms with Gasteiger partial charge in [0.05, 0.1) is 0 Å². The minimum Gasteiger partial charge on any atom is -0.238 e. The van der Waals surface area contributed by atoms with Gasteiger partial charge in [0.15, 0.2) is 0 Å². The molecule has 0 aliphatic heterocycles. The molecule has 0 saturated heterocycles. The van der Waals surface area contributed by atoms with Crippen LogP contribution in [0.4, 0.5) is 0 Å². The van der Waals surface area contributed by atoms with Crippen molar-refractivity contribution in [2.24, 2.45) is 0 Å². The highest BCUT2D eigenvalue weighted by Crippen LogP contribution is 2.21. The number of hydrogen-bond donors (Lipinski definition) is 0. The van der Waals surface area contributed by atoms with Gasteiger partial charge >= 0.3 is 0 Å². The zero-order valence-corrected chi connectivity index (χ0v) is 7.18. The predicted molar refractivity (Wildman–Crippen MR) is 50.0 cm³/mol. The molecule has 0 aromatic carbocycles. The molecule has 0 spiro atoms. The highest BCUT2D eigenvalue weighted by Gasteiger charge is 1.95. The molecule has 1 aromatic rings. The number of thiazole rings is 1. The van der Waals surface area contributed by atoms with Gasteiger partial charge < -0.3 is 0 Å². The van der Waals surface area contributed by atoms with Crippen molar-refractivity contribution in [2.45, 2.75) is 25.1 Å². The van der Waals surface area contributed by atoms with Crippen molar-refractivity contribution >= 4 is 23.1 Å². The molecule has 0 aliphatic carbocycles. The van der Waals surface area contributed by atoms with Crippen molar-refractivity contribution in [3.63, 3.8) is 0 Å². The molecular weight excluding hydrogens is 162 g/mol. The van der Waals surface area contributed by atoms with Crippen LogP contribution in [0.3, 0.4) is 0 Å². The molecule has 10 heavy (non-hydrogen) atoms. The minimum absolute atomic E-state index is 0. The molecule has 0 unspecified atom stereocenters. The summed E-state index contributed by atoms with van der Waals surface area (Å²) in [5.74, 6) is 0. The molecule has 1 rings (SSSR count). The lowest BCUT2D eigenvalue weighted by atomic mass is 10.4. The zero-order chi connectivity index (χ0) is 6.69. The summed E-state index contributed by atoms with van der Waals surface area (Å²) >= 11 is 3.50. The predicted octanol–water partition coefficient (Wildman–Crippen LogP) is 3.06. The maximum atomic E-state index is 4.19. The first-order chi connectivity index (χ1) is 4.36. The summed E-state index contributed by atoms with van der Waals surface area (Å²) in [6.07, 6.45) is 5.12. The molecule has 0 amide bonds. The van der Waals surface area contributed by atoms with Crippen LogP contribution < -0.4 is 0 Å². The highest BCUT2D eigenvalue weighted by atomic mass is 32.2. The summed E-state index contributed by atoms with van der Waals surface area (Å²) in [7, 11) is 0. The van der Waals surface area contributed by atoms with E-state index >= 15 is 0 Å². The quantitative estimate of drug-likeness (QED) is 0.641. The van der Waals surface area contributed by atoms with Crippen LogP contribution in [0.1, 0.15) is 19.2 Å². The number of rotatable bonds is 2. The van der Waals surface area contributed by atoms with Crippen molar-refractivity contribution in [1.29, 1.82) is 0 Å². The maximum Gasteiger partial charge on any atom is 0.149 e. The van der Waals surface area contributed by atoms with Crippen LogP contribution >= 0.6 is 23.1 Å². The third-order valence-electron chi connectivity index (χ3n) is 1.06. The van der Waals surface area contributed by atoms with E-state index < -0.39 is 0 Å². The second-order valence-electron chi connectivity index (χ2n) is 1.65. The molecule has 0 aliphatic rings. The second kappa shape index (κ2) is 4.74. The Morgan fingerprint density at radius 2 is 2.40 bits per heavy atom. The van der Waals surface area contributed by atoms with E-state index in [1.54, 1.807) is 23.1 Å². The van der Waals surface area contributed by atoms with Crippen LogP contribution in [0.15, 0.2) is 10.5 Å². The zero-order valence-electron chi connectivity index (χ0n) is 5.55. The van der Waals surface area contributed by atoms with Crippen molar-refractivity contribution < 1.29 is 0 Å². The van der Waals surface area contributed by atoms with Gasteiger partial charge in [-0.25, -0.2) is 4.98 Å². The molecule has 0 atom stereocenters. The summed E-state index contributed by atoms with van der Waals surface area (Å²) < 4.78 is 1.17. The number of aryl methyl sites for hydroxylation is 1. The molecule has 0 radical (unpaired) electrons. The molecular formula is C7H13NS2. The third kappa shape index (κ3) is 2.31. The van der Waals surface area contributed by atoms with E-state index in [9.17, 15) is 0 Å². The van der Waals surface area contributed by atoms with Crippen molar-refractivity contribution in [1.82, 2.24) is 4.98 Å². The maximum absolute atomic E-state index is 4.19. The van der Waals surface area contributed by atoms with E-state index in [1.807, 2.05) is 6.20 Å². The smallest absolute Gasteiger partial charge is 0.149 e. The van der Waals surface area contributed by atoms with Crippen LogP contribution in [-0.2, 0) is 6.42 Å². The van der Waals surface area contributed by atoms with E-state index in [2.05, 4.69) is 18.2 Å². The van der Waals surface area contributed by atoms with Gasteiger partial charge in [0, 0.05) is 11.1 Å². The summed E-state index contributed by atoms with van der Waals surface area (Å²) in [6.45, 7) is 2.15. The first-order valence-corrected chi connectivity index (χ1v) is 4.89. The fraction of sp³-hybridized carbons (Fsp3) is 0.571. The molecule has 0 bridgehead atoms. The third-order valence-corrected chi connectivity index (χ3v) is 3.20. The summed E-state index contributed by atoms with van der Waals surface area (Å²) in [5, 5.41) is 0. The average Bonchev–Trinajstić information content (AvgIpc) is 2.34. The Labute approximate surface area is 70.9 Å². The largest absolute Gasteiger partial charge is 0.238 e. The van der Waals surface area contributed by atoms with Gasteiger partial charge in [-0.3, -0.25) is 0 Å². The Kier molecular flexibility index (Phi) is 4.73. The summed E-state index contributed by atoms with van der Waals surface area (Å²) in [4.78, 5) is 5.56. The SMILES string of the molecule is C.CCc1cnc(SC)s1. The number of hydrogen-bond acceptors (Lipinski definition) is 3. The van der Waals surface area contributed by atoms with Crippen LogP contribution in [-0.4, -0.2) is 11.2 Å². The Morgan fingerprint density at radius 1 is 1.70 bits per heavy atom. The number of thioether (sulfide) groups is 1. The topological polar surface area (TPSA) is 12.9 Å². The standard InChI is InChI=1S/C6H9NS2.CH4/c1-3-5-4-7-6(8-2)9-5;/h4H,3H2,1-2H3;1H4. The normalized spacial score (nSPS) is 9.00. The second-order valence-corrected chi connectivity index (χ2v) is 3.82. The van der Waals surface area contributed by atoms with Gasteiger partial charge in [-0.05, 0) is 12.7 Å². The lowest BCUT2D eigenvalue weighted by Gasteiger charge is -1.81. The van der Waals surface area contributed by atoms with E-state index in [-0.39, 0.29) is 7.43 Å². The Balaban J connectivity index is 0.000000810. The van der Waals surface area contributed by atoms with Gasteiger partial charge in [0.2, 0.25) is 0 Å².